The monoisotopic (exact) mass is 336 g/mol. The summed E-state index contributed by atoms with van der Waals surface area (Å²) in [6.45, 7) is 0. The molecule has 0 bridgehead atoms. The molecule has 0 aliphatic heterocycles. The molecule has 0 atom stereocenters. The highest BCUT2D eigenvalue weighted by Crippen LogP contribution is 2.69. The molecular weight excluding hydrogens is 331 g/mol. The number of halogens is 9. The maximum Gasteiger partial charge on any atom is 0.384 e. The molecule has 0 amide bonds. The first-order valence-electron chi connectivity index (χ1n) is 5.51. The summed E-state index contributed by atoms with van der Waals surface area (Å²) in [6.07, 6.45) is 0. The third-order valence-electron chi connectivity index (χ3n) is 3.07. The highest BCUT2D eigenvalue weighted by Gasteiger charge is 3.01. The zero-order valence-electron chi connectivity index (χ0n) is 10.2. The van der Waals surface area contributed by atoms with Crippen LogP contribution in [0.1, 0.15) is 0 Å². The number of nitrogens with zero attached hydrogens (tertiary/aromatic N) is 2. The minimum absolute atomic E-state index is 0.468. The smallest absolute Gasteiger partial charge is 0.202 e. The Morgan fingerprint density at radius 1 is 0.591 bits per heavy atom. The van der Waals surface area contributed by atoms with Gasteiger partial charge in [0.2, 0.25) is 0 Å². The second kappa shape index (κ2) is 4.35. The quantitative estimate of drug-likeness (QED) is 0.413. The van der Waals surface area contributed by atoms with Gasteiger partial charge in [0.25, 0.3) is 0 Å². The number of rotatable bonds is 2. The Balaban J connectivity index is 2.59. The summed E-state index contributed by atoms with van der Waals surface area (Å²) in [5.74, 6) is -32.1. The highest BCUT2D eigenvalue weighted by molar-refractivity contribution is 5.35. The predicted octanol–water partition coefficient (Wildman–Crippen LogP) is 4.99. The molecule has 0 aromatic heterocycles. The molecule has 22 heavy (non-hydrogen) atoms. The minimum Gasteiger partial charge on any atom is -0.202 e. The Morgan fingerprint density at radius 2 is 1.00 bits per heavy atom. The van der Waals surface area contributed by atoms with E-state index in [1.807, 2.05) is 5.11 Å². The lowest BCUT2D eigenvalue weighted by atomic mass is 10.1. The van der Waals surface area contributed by atoms with Gasteiger partial charge in [0.15, 0.2) is 0 Å². The van der Waals surface area contributed by atoms with Gasteiger partial charge in [-0.15, -0.1) is 5.11 Å². The molecule has 1 aromatic carbocycles. The van der Waals surface area contributed by atoms with Crippen molar-refractivity contribution in [2.24, 2.45) is 10.2 Å². The van der Waals surface area contributed by atoms with E-state index in [0.717, 1.165) is 12.1 Å². The lowest BCUT2D eigenvalue weighted by molar-refractivity contribution is -0.303. The number of benzene rings is 1. The molecule has 0 unspecified atom stereocenters. The van der Waals surface area contributed by atoms with Crippen molar-refractivity contribution < 1.29 is 39.5 Å². The molecule has 0 saturated heterocycles. The van der Waals surface area contributed by atoms with Crippen LogP contribution in [0.2, 0.25) is 0 Å². The Kier molecular flexibility index (Phi) is 3.28. The van der Waals surface area contributed by atoms with Crippen LogP contribution in [0.15, 0.2) is 40.6 Å². The minimum atomic E-state index is -6.64. The highest BCUT2D eigenvalue weighted by atomic mass is 19.4. The summed E-state index contributed by atoms with van der Waals surface area (Å²) in [4.78, 5) is 0. The van der Waals surface area contributed by atoms with Crippen molar-refractivity contribution in [1.29, 1.82) is 0 Å². The van der Waals surface area contributed by atoms with Gasteiger partial charge in [0.1, 0.15) is 0 Å². The maximum absolute atomic E-state index is 13.8. The van der Waals surface area contributed by atoms with Crippen LogP contribution in [0.5, 0.6) is 0 Å². The van der Waals surface area contributed by atoms with E-state index in [1.54, 1.807) is 0 Å². The van der Waals surface area contributed by atoms with E-state index in [4.69, 9.17) is 0 Å². The maximum atomic E-state index is 13.8. The second-order valence-corrected chi connectivity index (χ2v) is 4.46. The number of azo groups is 1. The molecule has 1 aromatic rings. The van der Waals surface area contributed by atoms with Crippen molar-refractivity contribution in [3.05, 3.63) is 30.3 Å². The van der Waals surface area contributed by atoms with Gasteiger partial charge in [0, 0.05) is 0 Å². The van der Waals surface area contributed by atoms with Crippen molar-refractivity contribution >= 4 is 5.69 Å². The second-order valence-electron chi connectivity index (χ2n) is 4.46. The van der Waals surface area contributed by atoms with Gasteiger partial charge in [-0.25, -0.2) is 4.39 Å². The zero-order valence-corrected chi connectivity index (χ0v) is 10.2. The topological polar surface area (TPSA) is 24.7 Å². The third-order valence-corrected chi connectivity index (χ3v) is 3.07. The van der Waals surface area contributed by atoms with Gasteiger partial charge >= 0.3 is 29.5 Å². The molecule has 0 N–H and O–H groups in total. The first kappa shape index (κ1) is 16.6. The van der Waals surface area contributed by atoms with Crippen molar-refractivity contribution in [1.82, 2.24) is 0 Å². The zero-order chi connectivity index (χ0) is 17.0. The molecule has 0 heterocycles. The fraction of sp³-hybridized carbons (Fsp3) is 0.455. The number of alkyl halides is 9. The lowest BCUT2D eigenvalue weighted by Crippen LogP contribution is -2.53. The van der Waals surface area contributed by atoms with E-state index in [9.17, 15) is 39.5 Å². The molecule has 1 aliphatic rings. The molecule has 122 valence electrons. The third kappa shape index (κ3) is 1.64. The van der Waals surface area contributed by atoms with E-state index in [-0.39, 0.29) is 0 Å². The molecule has 0 spiro atoms. The van der Waals surface area contributed by atoms with Crippen LogP contribution in [-0.4, -0.2) is 29.5 Å². The summed E-state index contributed by atoms with van der Waals surface area (Å²) < 4.78 is 118. The van der Waals surface area contributed by atoms with Crippen LogP contribution < -0.4 is 0 Å². The normalized spacial score (nSPS) is 27.1. The molecule has 11 heteroatoms. The Hall–Kier alpha value is -1.81. The van der Waals surface area contributed by atoms with Crippen LogP contribution in [-0.2, 0) is 0 Å². The summed E-state index contributed by atoms with van der Waals surface area (Å²) >= 11 is 0. The first-order chi connectivity index (χ1) is 9.83. The van der Waals surface area contributed by atoms with Gasteiger partial charge in [-0.05, 0) is 12.1 Å². The van der Waals surface area contributed by atoms with Gasteiger partial charge in [-0.1, -0.05) is 18.2 Å². The largest absolute Gasteiger partial charge is 0.384 e. The van der Waals surface area contributed by atoms with Crippen molar-refractivity contribution in [2.45, 2.75) is 29.5 Å². The lowest BCUT2D eigenvalue weighted by Gasteiger charge is -2.25. The Labute approximate surface area is 116 Å². The fourth-order valence-electron chi connectivity index (χ4n) is 1.75. The molecule has 1 saturated carbocycles. The van der Waals surface area contributed by atoms with Gasteiger partial charge in [-0.2, -0.15) is 40.2 Å². The predicted molar refractivity (Wildman–Crippen MR) is 54.6 cm³/mol. The molecule has 2 rings (SSSR count). The number of hydrogen-bond acceptors (Lipinski definition) is 2. The van der Waals surface area contributed by atoms with Gasteiger partial charge < -0.3 is 0 Å². The van der Waals surface area contributed by atoms with Crippen LogP contribution >= 0.6 is 0 Å². The SMILES string of the molecule is FC1(F)C(F)(F)C(F)(F)C(F)(N=Nc2ccccc2)C1(F)F. The van der Waals surface area contributed by atoms with Crippen molar-refractivity contribution in [2.75, 3.05) is 0 Å². The van der Waals surface area contributed by atoms with E-state index in [2.05, 4.69) is 5.11 Å². The van der Waals surface area contributed by atoms with Crippen LogP contribution in [0.3, 0.4) is 0 Å². The van der Waals surface area contributed by atoms with E-state index in [1.165, 1.54) is 18.2 Å². The van der Waals surface area contributed by atoms with Crippen LogP contribution in [0, 0.1) is 0 Å². The van der Waals surface area contributed by atoms with Crippen LogP contribution in [0.25, 0.3) is 0 Å². The van der Waals surface area contributed by atoms with Gasteiger partial charge in [0.05, 0.1) is 5.69 Å². The number of hydrogen-bond donors (Lipinski definition) is 0. The summed E-state index contributed by atoms with van der Waals surface area (Å²) in [5.41, 5.74) is -0.468. The standard InChI is InChI=1S/C11H5F9N2/c12-7(13)8(14,15)10(18,19)11(20,9(7,16)17)22-21-6-4-2-1-3-5-6/h1-5H. The van der Waals surface area contributed by atoms with Crippen LogP contribution in [0.4, 0.5) is 45.2 Å². The van der Waals surface area contributed by atoms with Crippen molar-refractivity contribution in [3.63, 3.8) is 0 Å². The Bertz CT molecular complexity index is 571. The summed E-state index contributed by atoms with van der Waals surface area (Å²) in [6, 6.07) is 5.77. The summed E-state index contributed by atoms with van der Waals surface area (Å²) in [5, 5.41) is 4.43. The van der Waals surface area contributed by atoms with E-state index < -0.39 is 35.2 Å². The summed E-state index contributed by atoms with van der Waals surface area (Å²) in [7, 11) is 0. The average Bonchev–Trinajstić information content (AvgIpc) is 2.48. The Morgan fingerprint density at radius 3 is 1.41 bits per heavy atom. The fourth-order valence-corrected chi connectivity index (χ4v) is 1.75. The van der Waals surface area contributed by atoms with Crippen molar-refractivity contribution in [3.8, 4) is 0 Å². The molecular formula is C11H5F9N2. The molecule has 0 radical (unpaired) electrons. The molecule has 1 fully saturated rings. The molecule has 2 nitrogen and oxygen atoms in total. The van der Waals surface area contributed by atoms with E-state index in [0.29, 0.717) is 0 Å². The van der Waals surface area contributed by atoms with Gasteiger partial charge in [-0.3, -0.25) is 0 Å². The van der Waals surface area contributed by atoms with E-state index >= 15 is 0 Å². The average molecular weight is 336 g/mol. The first-order valence-corrected chi connectivity index (χ1v) is 5.51. The molecule has 1 aliphatic carbocycles.